The molecule has 4 heterocycles. The van der Waals surface area contributed by atoms with Crippen molar-refractivity contribution in [2.75, 3.05) is 18.4 Å². The van der Waals surface area contributed by atoms with Crippen molar-refractivity contribution >= 4 is 39.0 Å². The molecule has 0 radical (unpaired) electrons. The average Bonchev–Trinajstić information content (AvgIpc) is 3.02. The zero-order valence-corrected chi connectivity index (χ0v) is 15.7. The fraction of sp³-hybridized carbons (Fsp3) is 0.333. The highest BCUT2D eigenvalue weighted by molar-refractivity contribution is 7.20. The maximum absolute atomic E-state index is 11.7. The summed E-state index contributed by atoms with van der Waals surface area (Å²) in [5.41, 5.74) is 6.96. The molecule has 3 aromatic heterocycles. The highest BCUT2D eigenvalue weighted by Gasteiger charge is 2.20. The minimum atomic E-state index is -0.461. The number of thiophene rings is 1. The summed E-state index contributed by atoms with van der Waals surface area (Å²) in [6.45, 7) is 3.67. The minimum Gasteiger partial charge on any atom is -0.472 e. The normalized spacial score (nSPS) is 17.0. The molecule has 3 aromatic rings. The number of fused-ring (bicyclic) bond motifs is 1. The largest absolute Gasteiger partial charge is 0.472 e. The van der Waals surface area contributed by atoms with E-state index in [1.165, 1.54) is 17.7 Å². The van der Waals surface area contributed by atoms with Crippen LogP contribution in [0.3, 0.4) is 0 Å². The number of nitrogens with two attached hydrogens (primary N) is 1. The van der Waals surface area contributed by atoms with Crippen LogP contribution in [0, 0.1) is 6.92 Å². The van der Waals surface area contributed by atoms with Crippen molar-refractivity contribution in [1.29, 1.82) is 0 Å². The van der Waals surface area contributed by atoms with Crippen molar-refractivity contribution in [1.82, 2.24) is 20.3 Å². The van der Waals surface area contributed by atoms with E-state index in [1.54, 1.807) is 6.20 Å². The monoisotopic (exact) mass is 384 g/mol. The summed E-state index contributed by atoms with van der Waals surface area (Å²) in [6.07, 6.45) is 5.33. The van der Waals surface area contributed by atoms with Gasteiger partial charge in [0, 0.05) is 12.7 Å². The number of amides is 1. The number of rotatable bonds is 5. The topological polar surface area (TPSA) is 115 Å². The maximum atomic E-state index is 11.7. The molecule has 1 aliphatic heterocycles. The summed E-state index contributed by atoms with van der Waals surface area (Å²) in [5.74, 6) is 0.665. The van der Waals surface area contributed by atoms with Crippen molar-refractivity contribution in [3.05, 3.63) is 35.1 Å². The second-order valence-corrected chi connectivity index (χ2v) is 7.39. The van der Waals surface area contributed by atoms with Gasteiger partial charge in [-0.1, -0.05) is 0 Å². The second-order valence-electron chi connectivity index (χ2n) is 6.39. The van der Waals surface area contributed by atoms with Crippen LogP contribution in [0.5, 0.6) is 5.88 Å². The van der Waals surface area contributed by atoms with Gasteiger partial charge in [0.25, 0.3) is 5.91 Å². The molecule has 1 aliphatic rings. The molecule has 8 nitrogen and oxygen atoms in total. The Morgan fingerprint density at radius 1 is 1.41 bits per heavy atom. The summed E-state index contributed by atoms with van der Waals surface area (Å²) in [5, 5.41) is 7.41. The van der Waals surface area contributed by atoms with Gasteiger partial charge in [-0.2, -0.15) is 0 Å². The summed E-state index contributed by atoms with van der Waals surface area (Å²) < 4.78 is 6.09. The molecule has 0 unspecified atom stereocenters. The van der Waals surface area contributed by atoms with Crippen LogP contribution in [-0.2, 0) is 0 Å². The number of nitrogens with zero attached hydrogens (tertiary/aromatic N) is 3. The molecule has 0 aliphatic carbocycles. The molecular formula is C18H20N6O2S. The Kier molecular flexibility index (Phi) is 4.87. The third-order valence-electron chi connectivity index (χ3n) is 4.50. The fourth-order valence-electron chi connectivity index (χ4n) is 3.19. The predicted octanol–water partition coefficient (Wildman–Crippen LogP) is 2.37. The molecule has 0 bridgehead atoms. The van der Waals surface area contributed by atoms with Crippen LogP contribution in [0.1, 0.15) is 28.1 Å². The SMILES string of the molecule is Cc1c(C(N)=O)sc2ncnc(Nc3cccnc3O[C@H]3CCCNC3)c12. The molecule has 4 N–H and O–H groups in total. The lowest BCUT2D eigenvalue weighted by molar-refractivity contribution is 0.100. The number of carbonyl (C=O) groups is 1. The number of piperidine rings is 1. The van der Waals surface area contributed by atoms with Crippen LogP contribution in [0.4, 0.5) is 11.5 Å². The van der Waals surface area contributed by atoms with Gasteiger partial charge in [-0.15, -0.1) is 11.3 Å². The van der Waals surface area contributed by atoms with E-state index in [4.69, 9.17) is 10.5 Å². The predicted molar refractivity (Wildman–Crippen MR) is 105 cm³/mol. The molecule has 1 atom stereocenters. The number of primary amides is 1. The van der Waals surface area contributed by atoms with Gasteiger partial charge < -0.3 is 21.1 Å². The highest BCUT2D eigenvalue weighted by atomic mass is 32.1. The van der Waals surface area contributed by atoms with Crippen LogP contribution in [0.2, 0.25) is 0 Å². The molecular weight excluding hydrogens is 364 g/mol. The van der Waals surface area contributed by atoms with E-state index >= 15 is 0 Å². The Bertz CT molecular complexity index is 983. The van der Waals surface area contributed by atoms with E-state index in [1.807, 2.05) is 19.1 Å². The summed E-state index contributed by atoms with van der Waals surface area (Å²) >= 11 is 1.27. The zero-order chi connectivity index (χ0) is 18.8. The Balaban J connectivity index is 1.67. The number of ether oxygens (including phenoxy) is 1. The minimum absolute atomic E-state index is 0.0870. The van der Waals surface area contributed by atoms with E-state index in [2.05, 4.69) is 25.6 Å². The summed E-state index contributed by atoms with van der Waals surface area (Å²) in [7, 11) is 0. The molecule has 0 saturated carbocycles. The molecule has 1 saturated heterocycles. The van der Waals surface area contributed by atoms with Gasteiger partial charge in [-0.25, -0.2) is 15.0 Å². The van der Waals surface area contributed by atoms with Crippen molar-refractivity contribution in [3.8, 4) is 5.88 Å². The van der Waals surface area contributed by atoms with Gasteiger partial charge in [0.15, 0.2) is 0 Å². The maximum Gasteiger partial charge on any atom is 0.259 e. The number of carbonyl (C=O) groups excluding carboxylic acids is 1. The molecule has 4 rings (SSSR count). The van der Waals surface area contributed by atoms with Crippen LogP contribution in [0.15, 0.2) is 24.7 Å². The van der Waals surface area contributed by atoms with E-state index in [9.17, 15) is 4.79 Å². The first-order valence-corrected chi connectivity index (χ1v) is 9.58. The molecule has 27 heavy (non-hydrogen) atoms. The van der Waals surface area contributed by atoms with E-state index < -0.39 is 5.91 Å². The quantitative estimate of drug-likeness (QED) is 0.618. The Morgan fingerprint density at radius 3 is 3.07 bits per heavy atom. The highest BCUT2D eigenvalue weighted by Crippen LogP contribution is 2.35. The first-order chi connectivity index (χ1) is 13.1. The molecule has 1 amide bonds. The van der Waals surface area contributed by atoms with Crippen LogP contribution in [0.25, 0.3) is 10.2 Å². The standard InChI is InChI=1S/C18H20N6O2S/c1-10-13-16(22-9-23-18(13)27-14(10)15(19)25)24-12-5-3-7-21-17(12)26-11-4-2-6-20-8-11/h3,5,7,9,11,20H,2,4,6,8H2,1H3,(H2,19,25)(H,22,23,24)/t11-/m0/s1. The third kappa shape index (κ3) is 3.56. The summed E-state index contributed by atoms with van der Waals surface area (Å²) in [4.78, 5) is 25.9. The lowest BCUT2D eigenvalue weighted by Crippen LogP contribution is -2.37. The number of anilines is 2. The number of hydrogen-bond acceptors (Lipinski definition) is 8. The van der Waals surface area contributed by atoms with Crippen LogP contribution >= 0.6 is 11.3 Å². The molecule has 0 aromatic carbocycles. The van der Waals surface area contributed by atoms with Crippen molar-refractivity contribution in [3.63, 3.8) is 0 Å². The molecule has 140 valence electrons. The Labute approximate surface area is 160 Å². The van der Waals surface area contributed by atoms with Gasteiger partial charge in [0.2, 0.25) is 5.88 Å². The van der Waals surface area contributed by atoms with E-state index in [-0.39, 0.29) is 6.10 Å². The number of aromatic nitrogens is 3. The lowest BCUT2D eigenvalue weighted by Gasteiger charge is -2.24. The number of pyridine rings is 1. The van der Waals surface area contributed by atoms with Gasteiger partial charge in [-0.05, 0) is 44.0 Å². The van der Waals surface area contributed by atoms with Gasteiger partial charge in [-0.3, -0.25) is 4.79 Å². The van der Waals surface area contributed by atoms with Crippen molar-refractivity contribution in [2.24, 2.45) is 5.73 Å². The van der Waals surface area contributed by atoms with Crippen molar-refractivity contribution in [2.45, 2.75) is 25.9 Å². The first kappa shape index (κ1) is 17.6. The zero-order valence-electron chi connectivity index (χ0n) is 14.9. The third-order valence-corrected chi connectivity index (χ3v) is 5.72. The smallest absolute Gasteiger partial charge is 0.259 e. The number of hydrogen-bond donors (Lipinski definition) is 3. The Hall–Kier alpha value is -2.78. The number of nitrogens with one attached hydrogen (secondary N) is 2. The summed E-state index contributed by atoms with van der Waals surface area (Å²) in [6, 6.07) is 3.73. The second kappa shape index (κ2) is 7.45. The Morgan fingerprint density at radius 2 is 2.30 bits per heavy atom. The number of aryl methyl sites for hydroxylation is 1. The average molecular weight is 384 g/mol. The van der Waals surface area contributed by atoms with E-state index in [0.717, 1.165) is 36.9 Å². The van der Waals surface area contributed by atoms with Crippen molar-refractivity contribution < 1.29 is 9.53 Å². The molecule has 1 fully saturated rings. The lowest BCUT2D eigenvalue weighted by atomic mass is 10.1. The van der Waals surface area contributed by atoms with Crippen LogP contribution in [-0.4, -0.2) is 40.1 Å². The van der Waals surface area contributed by atoms with Gasteiger partial charge in [0.05, 0.1) is 10.3 Å². The fourth-order valence-corrected chi connectivity index (χ4v) is 4.19. The van der Waals surface area contributed by atoms with Crippen LogP contribution < -0.4 is 21.1 Å². The molecule has 9 heteroatoms. The first-order valence-electron chi connectivity index (χ1n) is 8.77. The molecule has 0 spiro atoms. The van der Waals surface area contributed by atoms with E-state index in [0.29, 0.717) is 27.1 Å². The van der Waals surface area contributed by atoms with Gasteiger partial charge in [0.1, 0.15) is 28.8 Å². The van der Waals surface area contributed by atoms with Gasteiger partial charge >= 0.3 is 0 Å².